The van der Waals surface area contributed by atoms with E-state index < -0.39 is 6.36 Å². The predicted octanol–water partition coefficient (Wildman–Crippen LogP) is 3.04. The molecule has 0 spiro atoms. The number of carbonyl (C=O) groups excluding carboxylic acids is 1. The summed E-state index contributed by atoms with van der Waals surface area (Å²) in [5.74, 6) is -0.480. The van der Waals surface area contributed by atoms with E-state index in [0.717, 1.165) is 25.9 Å². The van der Waals surface area contributed by atoms with Crippen molar-refractivity contribution >= 4 is 24.0 Å². The summed E-state index contributed by atoms with van der Waals surface area (Å²) in [6.07, 6.45) is -2.52. The summed E-state index contributed by atoms with van der Waals surface area (Å²) in [6, 6.07) is 5.09. The number of hydrogen-bond donors (Lipinski definition) is 1. The number of nitrogens with one attached hydrogen (secondary N) is 1. The van der Waals surface area contributed by atoms with E-state index in [0.29, 0.717) is 12.2 Å². The van der Waals surface area contributed by atoms with E-state index in [-0.39, 0.29) is 24.1 Å². The Morgan fingerprint density at radius 3 is 2.29 bits per heavy atom. The van der Waals surface area contributed by atoms with Crippen LogP contribution < -0.4 is 10.1 Å². The van der Waals surface area contributed by atoms with Gasteiger partial charge in [0, 0.05) is 5.69 Å². The third-order valence-corrected chi connectivity index (χ3v) is 2.94. The monoisotopic (exact) mass is 324 g/mol. The largest absolute Gasteiger partial charge is 0.573 e. The summed E-state index contributed by atoms with van der Waals surface area (Å²) in [6.45, 7) is 2.12. The van der Waals surface area contributed by atoms with Gasteiger partial charge in [-0.2, -0.15) is 0 Å². The van der Waals surface area contributed by atoms with Gasteiger partial charge in [0.25, 0.3) is 0 Å². The first kappa shape index (κ1) is 17.6. The van der Waals surface area contributed by atoms with E-state index in [2.05, 4.69) is 10.1 Å². The van der Waals surface area contributed by atoms with E-state index in [1.54, 1.807) is 0 Å². The number of carbonyl (C=O) groups is 1. The minimum Gasteiger partial charge on any atom is -0.406 e. The van der Waals surface area contributed by atoms with Gasteiger partial charge in [-0.05, 0) is 50.2 Å². The fourth-order valence-corrected chi connectivity index (χ4v) is 2.08. The second-order valence-electron chi connectivity index (χ2n) is 4.60. The van der Waals surface area contributed by atoms with Gasteiger partial charge in [0.1, 0.15) is 5.75 Å². The molecule has 21 heavy (non-hydrogen) atoms. The van der Waals surface area contributed by atoms with Crippen LogP contribution in [0.3, 0.4) is 0 Å². The van der Waals surface area contributed by atoms with Crippen LogP contribution in [-0.4, -0.2) is 36.8 Å². The van der Waals surface area contributed by atoms with Crippen LogP contribution in [0.4, 0.5) is 18.9 Å². The molecule has 0 aliphatic carbocycles. The van der Waals surface area contributed by atoms with Crippen molar-refractivity contribution in [3.05, 3.63) is 24.3 Å². The quantitative estimate of drug-likeness (QED) is 0.925. The highest BCUT2D eigenvalue weighted by molar-refractivity contribution is 5.92. The highest BCUT2D eigenvalue weighted by Crippen LogP contribution is 2.23. The summed E-state index contributed by atoms with van der Waals surface area (Å²) in [7, 11) is 0. The third-order valence-electron chi connectivity index (χ3n) is 2.94. The lowest BCUT2D eigenvalue weighted by Crippen LogP contribution is -2.30. The summed E-state index contributed by atoms with van der Waals surface area (Å²) < 4.78 is 39.7. The molecular weight excluding hydrogens is 309 g/mol. The van der Waals surface area contributed by atoms with Crippen LogP contribution in [0.1, 0.15) is 12.8 Å². The van der Waals surface area contributed by atoms with Crippen LogP contribution >= 0.6 is 12.4 Å². The zero-order chi connectivity index (χ0) is 14.6. The molecule has 0 radical (unpaired) electrons. The van der Waals surface area contributed by atoms with Gasteiger partial charge in [0.2, 0.25) is 5.91 Å². The Kier molecular flexibility index (Phi) is 6.29. The summed E-state index contributed by atoms with van der Waals surface area (Å²) in [5.41, 5.74) is 0.448. The first-order chi connectivity index (χ1) is 9.42. The minimum absolute atomic E-state index is 0. The molecule has 0 aromatic heterocycles. The van der Waals surface area contributed by atoms with Crippen LogP contribution in [0.5, 0.6) is 5.75 Å². The van der Waals surface area contributed by atoms with Gasteiger partial charge in [-0.1, -0.05) is 0 Å². The van der Waals surface area contributed by atoms with Gasteiger partial charge < -0.3 is 10.1 Å². The molecule has 1 amide bonds. The Bertz CT molecular complexity index is 459. The maximum Gasteiger partial charge on any atom is 0.573 e. The van der Waals surface area contributed by atoms with E-state index >= 15 is 0 Å². The first-order valence-electron chi connectivity index (χ1n) is 6.30. The van der Waals surface area contributed by atoms with Gasteiger partial charge in [0.05, 0.1) is 6.54 Å². The van der Waals surface area contributed by atoms with E-state index in [9.17, 15) is 18.0 Å². The van der Waals surface area contributed by atoms with Crippen molar-refractivity contribution in [1.82, 2.24) is 4.90 Å². The topological polar surface area (TPSA) is 41.6 Å². The minimum atomic E-state index is -4.71. The van der Waals surface area contributed by atoms with Crippen LogP contribution in [0.15, 0.2) is 24.3 Å². The molecule has 4 nitrogen and oxygen atoms in total. The average molecular weight is 325 g/mol. The van der Waals surface area contributed by atoms with E-state index in [1.165, 1.54) is 24.3 Å². The number of amides is 1. The lowest BCUT2D eigenvalue weighted by Gasteiger charge is -2.14. The molecule has 1 saturated heterocycles. The smallest absolute Gasteiger partial charge is 0.406 e. The molecule has 1 aliphatic heterocycles. The Hall–Kier alpha value is -1.47. The molecule has 0 unspecified atom stereocenters. The molecule has 2 rings (SSSR count). The van der Waals surface area contributed by atoms with Crippen molar-refractivity contribution < 1.29 is 22.7 Å². The van der Waals surface area contributed by atoms with Gasteiger partial charge in [-0.15, -0.1) is 25.6 Å². The molecule has 1 fully saturated rings. The Balaban J connectivity index is 0.00000220. The Morgan fingerprint density at radius 2 is 1.76 bits per heavy atom. The van der Waals surface area contributed by atoms with Crippen molar-refractivity contribution in [2.45, 2.75) is 19.2 Å². The number of ether oxygens (including phenoxy) is 1. The first-order valence-corrected chi connectivity index (χ1v) is 6.30. The molecular formula is C13H16ClF3N2O2. The van der Waals surface area contributed by atoms with Crippen LogP contribution in [0, 0.1) is 0 Å². The molecule has 1 aromatic rings. The Morgan fingerprint density at radius 1 is 1.19 bits per heavy atom. The highest BCUT2D eigenvalue weighted by atomic mass is 35.5. The molecule has 1 N–H and O–H groups in total. The standard InChI is InChI=1S/C13H15F3N2O2.ClH/c14-13(15,16)20-11-5-3-10(4-6-11)17-12(19)9-18-7-1-2-8-18;/h3-6H,1-2,7-9H2,(H,17,19);1H. The second kappa shape index (κ2) is 7.51. The highest BCUT2D eigenvalue weighted by Gasteiger charge is 2.30. The predicted molar refractivity (Wildman–Crippen MR) is 74.7 cm³/mol. The van der Waals surface area contributed by atoms with Gasteiger partial charge in [-0.25, -0.2) is 0 Å². The Labute approximate surface area is 126 Å². The fourth-order valence-electron chi connectivity index (χ4n) is 2.08. The molecule has 8 heteroatoms. The van der Waals surface area contributed by atoms with Gasteiger partial charge in [-0.3, -0.25) is 9.69 Å². The number of nitrogens with zero attached hydrogens (tertiary/aromatic N) is 1. The van der Waals surface area contributed by atoms with Crippen LogP contribution in [-0.2, 0) is 4.79 Å². The van der Waals surface area contributed by atoms with Crippen molar-refractivity contribution in [2.75, 3.05) is 25.0 Å². The summed E-state index contributed by atoms with van der Waals surface area (Å²) in [4.78, 5) is 13.8. The number of rotatable bonds is 4. The fraction of sp³-hybridized carbons (Fsp3) is 0.462. The molecule has 0 saturated carbocycles. The number of alkyl halides is 3. The number of anilines is 1. The normalized spacial score (nSPS) is 15.4. The van der Waals surface area contributed by atoms with E-state index in [1.807, 2.05) is 4.90 Å². The molecule has 0 atom stereocenters. The summed E-state index contributed by atoms with van der Waals surface area (Å²) >= 11 is 0. The van der Waals surface area contributed by atoms with Crippen LogP contribution in [0.25, 0.3) is 0 Å². The second-order valence-corrected chi connectivity index (χ2v) is 4.60. The van der Waals surface area contributed by atoms with E-state index in [4.69, 9.17) is 0 Å². The maximum absolute atomic E-state index is 12.0. The van der Waals surface area contributed by atoms with Crippen LogP contribution in [0.2, 0.25) is 0 Å². The number of benzene rings is 1. The molecule has 0 bridgehead atoms. The van der Waals surface area contributed by atoms with Crippen molar-refractivity contribution in [1.29, 1.82) is 0 Å². The van der Waals surface area contributed by atoms with Gasteiger partial charge >= 0.3 is 6.36 Å². The number of likely N-dealkylation sites (tertiary alicyclic amines) is 1. The number of halogens is 4. The molecule has 1 heterocycles. The zero-order valence-electron chi connectivity index (χ0n) is 11.2. The lowest BCUT2D eigenvalue weighted by molar-refractivity contribution is -0.274. The van der Waals surface area contributed by atoms with Crippen molar-refractivity contribution in [3.8, 4) is 5.75 Å². The molecule has 1 aliphatic rings. The van der Waals surface area contributed by atoms with Crippen molar-refractivity contribution in [3.63, 3.8) is 0 Å². The molecule has 118 valence electrons. The van der Waals surface area contributed by atoms with Crippen molar-refractivity contribution in [2.24, 2.45) is 0 Å². The van der Waals surface area contributed by atoms with Gasteiger partial charge in [0.15, 0.2) is 0 Å². The lowest BCUT2D eigenvalue weighted by atomic mass is 10.3. The SMILES string of the molecule is Cl.O=C(CN1CCCC1)Nc1ccc(OC(F)(F)F)cc1. The average Bonchev–Trinajstić information content (AvgIpc) is 2.82. The number of hydrogen-bond acceptors (Lipinski definition) is 3. The zero-order valence-corrected chi connectivity index (χ0v) is 12.0. The maximum atomic E-state index is 12.0. The summed E-state index contributed by atoms with van der Waals surface area (Å²) in [5, 5.41) is 2.64. The molecule has 1 aromatic carbocycles. The third kappa shape index (κ3) is 6.22.